The molecule has 0 atom stereocenters. The van der Waals surface area contributed by atoms with Gasteiger partial charge >= 0.3 is 6.09 Å². The van der Waals surface area contributed by atoms with Crippen molar-refractivity contribution in [2.75, 3.05) is 10.6 Å². The second-order valence-electron chi connectivity index (χ2n) is 5.99. The molecule has 0 aromatic heterocycles. The van der Waals surface area contributed by atoms with E-state index in [-0.39, 0.29) is 0 Å². The zero-order valence-corrected chi connectivity index (χ0v) is 13.4. The van der Waals surface area contributed by atoms with Gasteiger partial charge in [0.25, 0.3) is 0 Å². The number of rotatable bonds is 3. The van der Waals surface area contributed by atoms with E-state index in [0.29, 0.717) is 11.3 Å². The summed E-state index contributed by atoms with van der Waals surface area (Å²) in [4.78, 5) is 11.7. The molecule has 0 aliphatic rings. The molecule has 5 nitrogen and oxygen atoms in total. The van der Waals surface area contributed by atoms with Gasteiger partial charge in [-0.2, -0.15) is 5.26 Å². The van der Waals surface area contributed by atoms with Crippen LogP contribution in [0.5, 0.6) is 0 Å². The Morgan fingerprint density at radius 1 is 1.04 bits per heavy atom. The summed E-state index contributed by atoms with van der Waals surface area (Å²) in [7, 11) is 0. The van der Waals surface area contributed by atoms with E-state index in [1.807, 2.05) is 51.1 Å². The molecule has 2 rings (SSSR count). The van der Waals surface area contributed by atoms with Crippen LogP contribution in [0, 0.1) is 11.3 Å². The van der Waals surface area contributed by atoms with Crippen LogP contribution in [0.4, 0.5) is 21.9 Å². The molecule has 2 aromatic rings. The standard InChI is InChI=1S/C18H19N3O2/c1-18(2,3)23-17(22)21-15-10-8-14(9-11-15)20-16-7-5-4-6-13(16)12-19/h4-11,20H,1-3H3,(H,21,22). The van der Waals surface area contributed by atoms with Crippen molar-refractivity contribution in [3.05, 3.63) is 54.1 Å². The predicted molar refractivity (Wildman–Crippen MR) is 90.7 cm³/mol. The maximum atomic E-state index is 11.7. The fourth-order valence-corrected chi connectivity index (χ4v) is 1.90. The number of ether oxygens (including phenoxy) is 1. The zero-order valence-electron chi connectivity index (χ0n) is 13.4. The first-order valence-electron chi connectivity index (χ1n) is 7.23. The summed E-state index contributed by atoms with van der Waals surface area (Å²) in [5.41, 5.74) is 2.24. The third-order valence-electron chi connectivity index (χ3n) is 2.86. The number of hydrogen-bond donors (Lipinski definition) is 2. The van der Waals surface area contributed by atoms with Crippen LogP contribution in [-0.2, 0) is 4.74 Å². The number of benzene rings is 2. The molecule has 0 aliphatic heterocycles. The molecule has 2 aromatic carbocycles. The lowest BCUT2D eigenvalue weighted by atomic mass is 10.2. The Balaban J connectivity index is 2.03. The van der Waals surface area contributed by atoms with Crippen LogP contribution >= 0.6 is 0 Å². The highest BCUT2D eigenvalue weighted by atomic mass is 16.6. The Morgan fingerprint density at radius 2 is 1.65 bits per heavy atom. The number of nitrogens with one attached hydrogen (secondary N) is 2. The summed E-state index contributed by atoms with van der Waals surface area (Å²) in [6.07, 6.45) is -0.493. The molecule has 0 heterocycles. The SMILES string of the molecule is CC(C)(C)OC(=O)Nc1ccc(Nc2ccccc2C#N)cc1. The van der Waals surface area contributed by atoms with Gasteiger partial charge in [-0.3, -0.25) is 5.32 Å². The van der Waals surface area contributed by atoms with E-state index < -0.39 is 11.7 Å². The third kappa shape index (κ3) is 5.04. The van der Waals surface area contributed by atoms with E-state index in [2.05, 4.69) is 16.7 Å². The Labute approximate surface area is 135 Å². The molecule has 0 unspecified atom stereocenters. The van der Waals surface area contributed by atoms with E-state index in [4.69, 9.17) is 10.00 Å². The molecule has 0 aliphatic carbocycles. The van der Waals surface area contributed by atoms with Crippen molar-refractivity contribution in [2.24, 2.45) is 0 Å². The van der Waals surface area contributed by atoms with Crippen molar-refractivity contribution in [2.45, 2.75) is 26.4 Å². The van der Waals surface area contributed by atoms with Gasteiger partial charge in [-0.05, 0) is 57.2 Å². The van der Waals surface area contributed by atoms with Crippen LogP contribution < -0.4 is 10.6 Å². The maximum absolute atomic E-state index is 11.7. The lowest BCUT2D eigenvalue weighted by Gasteiger charge is -2.19. The topological polar surface area (TPSA) is 74.2 Å². The number of amides is 1. The lowest BCUT2D eigenvalue weighted by Crippen LogP contribution is -2.27. The Bertz CT molecular complexity index is 725. The van der Waals surface area contributed by atoms with Crippen LogP contribution in [0.3, 0.4) is 0 Å². The third-order valence-corrected chi connectivity index (χ3v) is 2.86. The van der Waals surface area contributed by atoms with Crippen LogP contribution in [0.25, 0.3) is 0 Å². The summed E-state index contributed by atoms with van der Waals surface area (Å²) < 4.78 is 5.20. The molecule has 0 saturated carbocycles. The smallest absolute Gasteiger partial charge is 0.412 e. The molecule has 2 N–H and O–H groups in total. The summed E-state index contributed by atoms with van der Waals surface area (Å²) in [5.74, 6) is 0. The van der Waals surface area contributed by atoms with Gasteiger partial charge in [-0.15, -0.1) is 0 Å². The molecular weight excluding hydrogens is 290 g/mol. The number of nitrogens with zero attached hydrogens (tertiary/aromatic N) is 1. The number of carbonyl (C=O) groups is 1. The molecule has 0 radical (unpaired) electrons. The number of carbonyl (C=O) groups excluding carboxylic acids is 1. The van der Waals surface area contributed by atoms with Crippen molar-refractivity contribution in [3.8, 4) is 6.07 Å². The first-order chi connectivity index (χ1) is 10.9. The lowest BCUT2D eigenvalue weighted by molar-refractivity contribution is 0.0636. The largest absolute Gasteiger partial charge is 0.444 e. The zero-order chi connectivity index (χ0) is 16.9. The van der Waals surface area contributed by atoms with E-state index in [0.717, 1.165) is 11.4 Å². The maximum Gasteiger partial charge on any atom is 0.412 e. The highest BCUT2D eigenvalue weighted by Gasteiger charge is 2.16. The van der Waals surface area contributed by atoms with Gasteiger partial charge in [0.05, 0.1) is 11.3 Å². The minimum absolute atomic E-state index is 0.493. The van der Waals surface area contributed by atoms with Crippen molar-refractivity contribution in [1.82, 2.24) is 0 Å². The first-order valence-corrected chi connectivity index (χ1v) is 7.23. The number of nitriles is 1. The van der Waals surface area contributed by atoms with Crippen molar-refractivity contribution >= 4 is 23.2 Å². The summed E-state index contributed by atoms with van der Waals surface area (Å²) >= 11 is 0. The fourth-order valence-electron chi connectivity index (χ4n) is 1.90. The number of anilines is 3. The molecular formula is C18H19N3O2. The Hall–Kier alpha value is -3.00. The van der Waals surface area contributed by atoms with Gasteiger partial charge in [-0.25, -0.2) is 4.79 Å². The quantitative estimate of drug-likeness (QED) is 0.865. The monoisotopic (exact) mass is 309 g/mol. The summed E-state index contributed by atoms with van der Waals surface area (Å²) in [6, 6.07) is 16.6. The van der Waals surface area contributed by atoms with Gasteiger partial charge in [-0.1, -0.05) is 12.1 Å². The molecule has 1 amide bonds. The molecule has 118 valence electrons. The molecule has 5 heteroatoms. The van der Waals surface area contributed by atoms with Gasteiger partial charge in [0.15, 0.2) is 0 Å². The molecule has 0 fully saturated rings. The van der Waals surface area contributed by atoms with Crippen molar-refractivity contribution < 1.29 is 9.53 Å². The van der Waals surface area contributed by atoms with Gasteiger partial charge < -0.3 is 10.1 Å². The number of para-hydroxylation sites is 1. The Morgan fingerprint density at radius 3 is 2.26 bits per heavy atom. The van der Waals surface area contributed by atoms with Crippen LogP contribution in [0.2, 0.25) is 0 Å². The molecule has 0 saturated heterocycles. The number of hydrogen-bond acceptors (Lipinski definition) is 4. The second-order valence-corrected chi connectivity index (χ2v) is 5.99. The van der Waals surface area contributed by atoms with Crippen LogP contribution in [0.1, 0.15) is 26.3 Å². The highest BCUT2D eigenvalue weighted by molar-refractivity contribution is 5.85. The normalized spacial score (nSPS) is 10.5. The average molecular weight is 309 g/mol. The van der Waals surface area contributed by atoms with Gasteiger partial charge in [0, 0.05) is 11.4 Å². The minimum Gasteiger partial charge on any atom is -0.444 e. The van der Waals surface area contributed by atoms with Gasteiger partial charge in [0.2, 0.25) is 0 Å². The van der Waals surface area contributed by atoms with Gasteiger partial charge in [0.1, 0.15) is 11.7 Å². The average Bonchev–Trinajstić information content (AvgIpc) is 2.48. The molecule has 0 bridgehead atoms. The van der Waals surface area contributed by atoms with E-state index in [9.17, 15) is 4.79 Å². The van der Waals surface area contributed by atoms with Crippen LogP contribution in [-0.4, -0.2) is 11.7 Å². The summed E-state index contributed by atoms with van der Waals surface area (Å²) in [5, 5.41) is 14.9. The second kappa shape index (κ2) is 6.84. The first kappa shape index (κ1) is 16.4. The predicted octanol–water partition coefficient (Wildman–Crippen LogP) is 4.65. The van der Waals surface area contributed by atoms with E-state index >= 15 is 0 Å². The molecule has 0 spiro atoms. The van der Waals surface area contributed by atoms with Crippen molar-refractivity contribution in [1.29, 1.82) is 5.26 Å². The minimum atomic E-state index is -0.535. The highest BCUT2D eigenvalue weighted by Crippen LogP contribution is 2.22. The summed E-state index contributed by atoms with van der Waals surface area (Å²) in [6.45, 7) is 5.44. The Kier molecular flexibility index (Phi) is 4.87. The van der Waals surface area contributed by atoms with Crippen molar-refractivity contribution in [3.63, 3.8) is 0 Å². The molecule has 23 heavy (non-hydrogen) atoms. The van der Waals surface area contributed by atoms with Crippen LogP contribution in [0.15, 0.2) is 48.5 Å². The van der Waals surface area contributed by atoms with E-state index in [1.165, 1.54) is 0 Å². The fraction of sp³-hybridized carbons (Fsp3) is 0.222. The van der Waals surface area contributed by atoms with E-state index in [1.54, 1.807) is 18.2 Å².